The normalized spacial score (nSPS) is 15.4. The summed E-state index contributed by atoms with van der Waals surface area (Å²) in [5.74, 6) is 1.38. The van der Waals surface area contributed by atoms with E-state index >= 15 is 0 Å². The number of hydrogen-bond donors (Lipinski definition) is 1. The van der Waals surface area contributed by atoms with Crippen molar-refractivity contribution in [2.24, 2.45) is 0 Å². The van der Waals surface area contributed by atoms with E-state index in [1.54, 1.807) is 39.5 Å². The number of methoxy groups -OCH3 is 3. The number of amides is 1. The zero-order valence-corrected chi connectivity index (χ0v) is 19.4. The van der Waals surface area contributed by atoms with Crippen LogP contribution in [0.5, 0.6) is 17.2 Å². The highest BCUT2D eigenvalue weighted by atomic mass is 35.5. The molecule has 1 fully saturated rings. The fourth-order valence-corrected chi connectivity index (χ4v) is 3.78. The van der Waals surface area contributed by atoms with E-state index in [-0.39, 0.29) is 11.9 Å². The van der Waals surface area contributed by atoms with Gasteiger partial charge in [-0.3, -0.25) is 9.69 Å². The van der Waals surface area contributed by atoms with Crippen molar-refractivity contribution in [3.05, 3.63) is 58.6 Å². The second-order valence-corrected chi connectivity index (χ2v) is 7.69. The Morgan fingerprint density at radius 2 is 1.72 bits per heavy atom. The first-order valence-corrected chi connectivity index (χ1v) is 10.8. The molecule has 1 aliphatic rings. The third-order valence-corrected chi connectivity index (χ3v) is 5.58. The van der Waals surface area contributed by atoms with E-state index in [4.69, 9.17) is 30.5 Å². The van der Waals surface area contributed by atoms with E-state index in [0.29, 0.717) is 42.0 Å². The summed E-state index contributed by atoms with van der Waals surface area (Å²) >= 11 is 6.05. The molecule has 1 amide bonds. The number of ether oxygens (including phenoxy) is 4. The van der Waals surface area contributed by atoms with Gasteiger partial charge in [-0.2, -0.15) is 0 Å². The number of rotatable bonds is 9. The van der Waals surface area contributed by atoms with Crippen molar-refractivity contribution in [2.45, 2.75) is 6.04 Å². The quantitative estimate of drug-likeness (QED) is 0.577. The molecule has 0 radical (unpaired) electrons. The molecule has 1 saturated heterocycles. The van der Waals surface area contributed by atoms with Crippen molar-refractivity contribution in [3.63, 3.8) is 0 Å². The lowest BCUT2D eigenvalue weighted by Crippen LogP contribution is -2.43. The highest BCUT2D eigenvalue weighted by Gasteiger charge is 2.23. The van der Waals surface area contributed by atoms with Gasteiger partial charge in [-0.1, -0.05) is 23.7 Å². The molecule has 7 nitrogen and oxygen atoms in total. The van der Waals surface area contributed by atoms with Crippen molar-refractivity contribution in [1.82, 2.24) is 10.2 Å². The Morgan fingerprint density at radius 1 is 1.09 bits per heavy atom. The number of nitrogens with one attached hydrogen (secondary N) is 1. The minimum Gasteiger partial charge on any atom is -0.493 e. The van der Waals surface area contributed by atoms with Crippen molar-refractivity contribution < 1.29 is 23.7 Å². The lowest BCUT2D eigenvalue weighted by atomic mass is 10.0. The summed E-state index contributed by atoms with van der Waals surface area (Å²) in [7, 11) is 4.66. The van der Waals surface area contributed by atoms with Crippen LogP contribution in [0.2, 0.25) is 5.02 Å². The molecular formula is C24H29ClN2O5. The molecule has 0 aromatic heterocycles. The third-order valence-electron chi connectivity index (χ3n) is 5.33. The summed E-state index contributed by atoms with van der Waals surface area (Å²) in [5, 5.41) is 3.70. The smallest absolute Gasteiger partial charge is 0.244 e. The second-order valence-electron chi connectivity index (χ2n) is 7.25. The maximum absolute atomic E-state index is 12.6. The van der Waals surface area contributed by atoms with Crippen molar-refractivity contribution in [2.75, 3.05) is 54.2 Å². The van der Waals surface area contributed by atoms with Crippen LogP contribution >= 0.6 is 11.6 Å². The molecule has 2 aromatic rings. The van der Waals surface area contributed by atoms with Gasteiger partial charge in [0.15, 0.2) is 11.5 Å². The molecule has 0 spiro atoms. The minimum absolute atomic E-state index is 0.0368. The summed E-state index contributed by atoms with van der Waals surface area (Å²) in [6, 6.07) is 11.4. The summed E-state index contributed by atoms with van der Waals surface area (Å²) in [6.07, 6.45) is 3.21. The number of nitrogens with zero attached hydrogens (tertiary/aromatic N) is 1. The van der Waals surface area contributed by atoms with E-state index in [2.05, 4.69) is 10.2 Å². The highest BCUT2D eigenvalue weighted by Crippen LogP contribution is 2.38. The minimum atomic E-state index is -0.189. The average Bonchev–Trinajstić information content (AvgIpc) is 2.83. The van der Waals surface area contributed by atoms with Crippen LogP contribution in [-0.4, -0.2) is 65.0 Å². The summed E-state index contributed by atoms with van der Waals surface area (Å²) in [4.78, 5) is 14.9. The van der Waals surface area contributed by atoms with E-state index in [1.807, 2.05) is 24.3 Å². The maximum atomic E-state index is 12.6. The third kappa shape index (κ3) is 6.16. The van der Waals surface area contributed by atoms with E-state index < -0.39 is 0 Å². The lowest BCUT2D eigenvalue weighted by Gasteiger charge is -2.34. The maximum Gasteiger partial charge on any atom is 0.244 e. The van der Waals surface area contributed by atoms with E-state index in [9.17, 15) is 4.79 Å². The molecule has 8 heteroatoms. The SMILES string of the molecule is COc1cc(/C=C/C(=O)NCC(c2ccc(Cl)cc2)N2CCOCC2)cc(OC)c1OC. The van der Waals surface area contributed by atoms with Crippen LogP contribution in [-0.2, 0) is 9.53 Å². The highest BCUT2D eigenvalue weighted by molar-refractivity contribution is 6.30. The van der Waals surface area contributed by atoms with Crippen LogP contribution in [0.4, 0.5) is 0 Å². The first-order chi connectivity index (χ1) is 15.5. The predicted molar refractivity (Wildman–Crippen MR) is 125 cm³/mol. The fourth-order valence-electron chi connectivity index (χ4n) is 3.66. The Kier molecular flexibility index (Phi) is 8.79. The Bertz CT molecular complexity index is 901. The van der Waals surface area contributed by atoms with Gasteiger partial charge in [0, 0.05) is 30.7 Å². The molecule has 32 heavy (non-hydrogen) atoms. The second kappa shape index (κ2) is 11.8. The number of benzene rings is 2. The number of carbonyl (C=O) groups excluding carboxylic acids is 1. The van der Waals surface area contributed by atoms with E-state index in [0.717, 1.165) is 24.2 Å². The molecule has 172 valence electrons. The zero-order chi connectivity index (χ0) is 22.9. The molecule has 1 heterocycles. The van der Waals surface area contributed by atoms with Crippen molar-refractivity contribution in [3.8, 4) is 17.2 Å². The molecular weight excluding hydrogens is 432 g/mol. The lowest BCUT2D eigenvalue weighted by molar-refractivity contribution is -0.116. The van der Waals surface area contributed by atoms with Gasteiger partial charge in [0.05, 0.1) is 40.6 Å². The first-order valence-electron chi connectivity index (χ1n) is 10.4. The molecule has 3 rings (SSSR count). The molecule has 0 bridgehead atoms. The molecule has 0 saturated carbocycles. The molecule has 2 aromatic carbocycles. The summed E-state index contributed by atoms with van der Waals surface area (Å²) in [5.41, 5.74) is 1.86. The van der Waals surface area contributed by atoms with Crippen molar-refractivity contribution >= 4 is 23.6 Å². The largest absolute Gasteiger partial charge is 0.493 e. The van der Waals surface area contributed by atoms with Crippen LogP contribution in [0, 0.1) is 0 Å². The Morgan fingerprint density at radius 3 is 2.28 bits per heavy atom. The molecule has 1 N–H and O–H groups in total. The van der Waals surface area contributed by atoms with Gasteiger partial charge in [0.25, 0.3) is 0 Å². The van der Waals surface area contributed by atoms with Gasteiger partial charge >= 0.3 is 0 Å². The average molecular weight is 461 g/mol. The van der Waals surface area contributed by atoms with Gasteiger partial charge < -0.3 is 24.3 Å². The van der Waals surface area contributed by atoms with Gasteiger partial charge in [-0.15, -0.1) is 0 Å². The Hall–Kier alpha value is -2.74. The standard InChI is InChI=1S/C24H29ClN2O5/c1-29-21-14-17(15-22(30-2)24(21)31-3)4-9-23(28)26-16-20(27-10-12-32-13-11-27)18-5-7-19(25)8-6-18/h4-9,14-15,20H,10-13,16H2,1-3H3,(H,26,28)/b9-4+. The van der Waals surface area contributed by atoms with Crippen LogP contribution in [0.25, 0.3) is 6.08 Å². The first kappa shape index (κ1) is 23.9. The van der Waals surface area contributed by atoms with Crippen LogP contribution in [0.3, 0.4) is 0 Å². The molecule has 1 atom stereocenters. The molecule has 1 unspecified atom stereocenters. The number of morpholine rings is 1. The topological polar surface area (TPSA) is 69.3 Å². The number of carbonyl (C=O) groups is 1. The van der Waals surface area contributed by atoms with Gasteiger partial charge in [-0.25, -0.2) is 0 Å². The summed E-state index contributed by atoms with van der Waals surface area (Å²) < 4.78 is 21.5. The molecule has 1 aliphatic heterocycles. The van der Waals surface area contributed by atoms with E-state index in [1.165, 1.54) is 6.08 Å². The monoisotopic (exact) mass is 460 g/mol. The van der Waals surface area contributed by atoms with Gasteiger partial charge in [0.2, 0.25) is 11.7 Å². The number of halogens is 1. The van der Waals surface area contributed by atoms with Crippen LogP contribution in [0.1, 0.15) is 17.2 Å². The summed E-state index contributed by atoms with van der Waals surface area (Å²) in [6.45, 7) is 3.45. The fraction of sp³-hybridized carbons (Fsp3) is 0.375. The predicted octanol–water partition coefficient (Wildman–Crippen LogP) is 3.57. The van der Waals surface area contributed by atoms with Crippen LogP contribution < -0.4 is 19.5 Å². The number of hydrogen-bond acceptors (Lipinski definition) is 6. The van der Waals surface area contributed by atoms with Crippen molar-refractivity contribution in [1.29, 1.82) is 0 Å². The van der Waals surface area contributed by atoms with Gasteiger partial charge in [-0.05, 0) is 41.5 Å². The Balaban J connectivity index is 1.69. The zero-order valence-electron chi connectivity index (χ0n) is 18.6. The molecule has 0 aliphatic carbocycles. The van der Waals surface area contributed by atoms with Crippen LogP contribution in [0.15, 0.2) is 42.5 Å². The Labute approximate surface area is 193 Å². The van der Waals surface area contributed by atoms with Gasteiger partial charge in [0.1, 0.15) is 0 Å².